The van der Waals surface area contributed by atoms with Crippen molar-refractivity contribution in [2.75, 3.05) is 11.9 Å². The van der Waals surface area contributed by atoms with Gasteiger partial charge in [-0.05, 0) is 42.5 Å². The first-order chi connectivity index (χ1) is 12.8. The minimum atomic E-state index is 0.657. The average Bonchev–Trinajstić information content (AvgIpc) is 2.69. The maximum absolute atomic E-state index is 4.73. The van der Waals surface area contributed by atoms with Gasteiger partial charge < -0.3 is 5.32 Å². The Morgan fingerprint density at radius 1 is 0.962 bits per heavy atom. The van der Waals surface area contributed by atoms with E-state index in [2.05, 4.69) is 31.2 Å². The number of hydrogen-bond acceptors (Lipinski definition) is 5. The van der Waals surface area contributed by atoms with E-state index < -0.39 is 0 Å². The number of hydrogen-bond donors (Lipinski definition) is 1. The van der Waals surface area contributed by atoms with Crippen molar-refractivity contribution in [3.05, 3.63) is 77.3 Å². The highest BCUT2D eigenvalue weighted by molar-refractivity contribution is 9.10. The Labute approximate surface area is 159 Å². The van der Waals surface area contributed by atoms with Crippen LogP contribution < -0.4 is 5.32 Å². The van der Waals surface area contributed by atoms with Gasteiger partial charge in [0.15, 0.2) is 5.82 Å². The highest BCUT2D eigenvalue weighted by Gasteiger charge is 2.10. The molecule has 0 unspecified atom stereocenters. The van der Waals surface area contributed by atoms with Gasteiger partial charge in [0.05, 0.1) is 5.52 Å². The van der Waals surface area contributed by atoms with Crippen LogP contribution in [0.15, 0.2) is 71.6 Å². The quantitative estimate of drug-likeness (QED) is 0.529. The molecule has 0 aliphatic rings. The number of aromatic nitrogens is 4. The Kier molecular flexibility index (Phi) is 4.84. The lowest BCUT2D eigenvalue weighted by atomic mass is 10.2. The van der Waals surface area contributed by atoms with E-state index in [9.17, 15) is 0 Å². The normalized spacial score (nSPS) is 10.8. The van der Waals surface area contributed by atoms with E-state index in [1.165, 1.54) is 0 Å². The molecule has 0 saturated carbocycles. The van der Waals surface area contributed by atoms with Crippen molar-refractivity contribution in [3.8, 4) is 11.4 Å². The van der Waals surface area contributed by atoms with Crippen LogP contribution in [0.4, 0.5) is 5.82 Å². The molecule has 0 aliphatic carbocycles. The molecule has 0 radical (unpaired) electrons. The molecular formula is C20H16BrN5. The Balaban J connectivity index is 1.67. The number of fused-ring (bicyclic) bond motifs is 1. The van der Waals surface area contributed by atoms with Crippen molar-refractivity contribution < 1.29 is 0 Å². The fourth-order valence-electron chi connectivity index (χ4n) is 2.72. The number of anilines is 1. The number of pyridine rings is 2. The number of nitrogens with one attached hydrogen (secondary N) is 1. The van der Waals surface area contributed by atoms with E-state index >= 15 is 0 Å². The topological polar surface area (TPSA) is 63.6 Å². The molecule has 1 aromatic carbocycles. The van der Waals surface area contributed by atoms with Crippen LogP contribution in [0.3, 0.4) is 0 Å². The Morgan fingerprint density at radius 2 is 1.92 bits per heavy atom. The largest absolute Gasteiger partial charge is 0.369 e. The van der Waals surface area contributed by atoms with Crippen molar-refractivity contribution >= 4 is 32.7 Å². The van der Waals surface area contributed by atoms with Crippen LogP contribution in [0.2, 0.25) is 0 Å². The van der Waals surface area contributed by atoms with E-state index in [4.69, 9.17) is 9.97 Å². The van der Waals surface area contributed by atoms with Gasteiger partial charge in [-0.15, -0.1) is 0 Å². The number of halogens is 1. The molecule has 3 heterocycles. The summed E-state index contributed by atoms with van der Waals surface area (Å²) in [6.07, 6.45) is 6.16. The molecule has 0 bridgehead atoms. The fourth-order valence-corrected chi connectivity index (χ4v) is 3.07. The predicted octanol–water partition coefficient (Wildman–Crippen LogP) is 4.50. The Morgan fingerprint density at radius 3 is 2.73 bits per heavy atom. The second-order valence-corrected chi connectivity index (χ2v) is 6.71. The molecule has 6 heteroatoms. The summed E-state index contributed by atoms with van der Waals surface area (Å²) in [5.74, 6) is 1.47. The molecule has 0 amide bonds. The van der Waals surface area contributed by atoms with Crippen molar-refractivity contribution in [3.63, 3.8) is 0 Å². The van der Waals surface area contributed by atoms with Gasteiger partial charge in [0.2, 0.25) is 0 Å². The first kappa shape index (κ1) is 16.6. The summed E-state index contributed by atoms with van der Waals surface area (Å²) in [5, 5.41) is 4.43. The van der Waals surface area contributed by atoms with Gasteiger partial charge in [0.1, 0.15) is 5.82 Å². The zero-order valence-electron chi connectivity index (χ0n) is 13.9. The predicted molar refractivity (Wildman–Crippen MR) is 107 cm³/mol. The Bertz CT molecular complexity index is 1020. The van der Waals surface area contributed by atoms with Crippen LogP contribution in [0.25, 0.3) is 22.3 Å². The summed E-state index contributed by atoms with van der Waals surface area (Å²) < 4.78 is 0.986. The first-order valence-electron chi connectivity index (χ1n) is 8.31. The van der Waals surface area contributed by atoms with Gasteiger partial charge >= 0.3 is 0 Å². The monoisotopic (exact) mass is 405 g/mol. The molecule has 5 nitrogen and oxygen atoms in total. The molecule has 4 aromatic rings. The lowest BCUT2D eigenvalue weighted by molar-refractivity contribution is 0.955. The third-order valence-corrected chi connectivity index (χ3v) is 4.47. The first-order valence-corrected chi connectivity index (χ1v) is 9.10. The van der Waals surface area contributed by atoms with Crippen LogP contribution >= 0.6 is 15.9 Å². The molecule has 4 rings (SSSR count). The summed E-state index contributed by atoms with van der Waals surface area (Å²) in [4.78, 5) is 18.0. The fraction of sp³-hybridized carbons (Fsp3) is 0.100. The molecule has 0 saturated heterocycles. The standard InChI is InChI=1S/C20H16BrN5/c21-15-6-7-17-18(12-15)25-19(14-4-3-9-22-13-14)26-20(17)24-11-8-16-5-1-2-10-23-16/h1-7,9-10,12-13H,8,11H2,(H,24,25,26). The SMILES string of the molecule is Brc1ccc2c(NCCc3ccccn3)nc(-c3cccnc3)nc2c1. The summed E-state index contributed by atoms with van der Waals surface area (Å²) in [5.41, 5.74) is 2.82. The van der Waals surface area contributed by atoms with Crippen LogP contribution in [-0.2, 0) is 6.42 Å². The van der Waals surface area contributed by atoms with E-state index in [-0.39, 0.29) is 0 Å². The number of nitrogens with zero attached hydrogens (tertiary/aromatic N) is 4. The summed E-state index contributed by atoms with van der Waals surface area (Å²) in [7, 11) is 0. The van der Waals surface area contributed by atoms with E-state index in [0.717, 1.165) is 45.4 Å². The van der Waals surface area contributed by atoms with Gasteiger partial charge in [-0.2, -0.15) is 0 Å². The molecule has 0 spiro atoms. The van der Waals surface area contributed by atoms with Crippen LogP contribution in [-0.4, -0.2) is 26.5 Å². The highest BCUT2D eigenvalue weighted by atomic mass is 79.9. The second-order valence-electron chi connectivity index (χ2n) is 5.80. The highest BCUT2D eigenvalue weighted by Crippen LogP contribution is 2.27. The van der Waals surface area contributed by atoms with Gasteiger partial charge in [-0.25, -0.2) is 9.97 Å². The summed E-state index contributed by atoms with van der Waals surface area (Å²) in [6, 6.07) is 15.8. The molecule has 0 aliphatic heterocycles. The zero-order chi connectivity index (χ0) is 17.8. The molecule has 3 aromatic heterocycles. The summed E-state index contributed by atoms with van der Waals surface area (Å²) in [6.45, 7) is 0.742. The third-order valence-electron chi connectivity index (χ3n) is 3.98. The van der Waals surface area contributed by atoms with Crippen LogP contribution in [0, 0.1) is 0 Å². The number of rotatable bonds is 5. The average molecular weight is 406 g/mol. The van der Waals surface area contributed by atoms with Crippen molar-refractivity contribution in [1.29, 1.82) is 0 Å². The van der Waals surface area contributed by atoms with Gasteiger partial charge in [0, 0.05) is 52.7 Å². The zero-order valence-corrected chi connectivity index (χ0v) is 15.5. The number of benzene rings is 1. The van der Waals surface area contributed by atoms with Crippen molar-refractivity contribution in [2.24, 2.45) is 0 Å². The van der Waals surface area contributed by atoms with Crippen LogP contribution in [0.5, 0.6) is 0 Å². The molecule has 26 heavy (non-hydrogen) atoms. The molecule has 0 fully saturated rings. The van der Waals surface area contributed by atoms with Crippen LogP contribution in [0.1, 0.15) is 5.69 Å². The van der Waals surface area contributed by atoms with Gasteiger partial charge in [-0.3, -0.25) is 9.97 Å². The smallest absolute Gasteiger partial charge is 0.163 e. The Hall–Kier alpha value is -2.86. The summed E-state index contributed by atoms with van der Waals surface area (Å²) >= 11 is 3.52. The van der Waals surface area contributed by atoms with E-state index in [1.807, 2.05) is 54.7 Å². The van der Waals surface area contributed by atoms with E-state index in [1.54, 1.807) is 12.4 Å². The second kappa shape index (κ2) is 7.58. The van der Waals surface area contributed by atoms with Crippen molar-refractivity contribution in [2.45, 2.75) is 6.42 Å². The van der Waals surface area contributed by atoms with Gasteiger partial charge in [-0.1, -0.05) is 22.0 Å². The van der Waals surface area contributed by atoms with Gasteiger partial charge in [0.25, 0.3) is 0 Å². The lowest BCUT2D eigenvalue weighted by Gasteiger charge is -2.11. The molecule has 128 valence electrons. The third kappa shape index (κ3) is 3.70. The minimum Gasteiger partial charge on any atom is -0.369 e. The van der Waals surface area contributed by atoms with Crippen molar-refractivity contribution in [1.82, 2.24) is 19.9 Å². The molecule has 1 N–H and O–H groups in total. The maximum Gasteiger partial charge on any atom is 0.163 e. The molecular weight excluding hydrogens is 390 g/mol. The molecule has 0 atom stereocenters. The minimum absolute atomic E-state index is 0.657. The maximum atomic E-state index is 4.73. The lowest BCUT2D eigenvalue weighted by Crippen LogP contribution is -2.09. The van der Waals surface area contributed by atoms with E-state index in [0.29, 0.717) is 5.82 Å².